The lowest BCUT2D eigenvalue weighted by Gasteiger charge is -2.38. The highest BCUT2D eigenvalue weighted by molar-refractivity contribution is 7.90. The predicted octanol–water partition coefficient (Wildman–Crippen LogP) is 7.15. The number of alkyl halides is 6. The molecule has 0 aromatic heterocycles. The number of nitrogens with zero attached hydrogens (tertiary/aromatic N) is 3. The average molecular weight is 628 g/mol. The zero-order valence-corrected chi connectivity index (χ0v) is 23.8. The van der Waals surface area contributed by atoms with Crippen LogP contribution in [0, 0.1) is 11.3 Å². The van der Waals surface area contributed by atoms with Crippen molar-refractivity contribution in [1.29, 1.82) is 5.26 Å². The molecule has 2 amide bonds. The lowest BCUT2D eigenvalue weighted by molar-refractivity contribution is -0.139. The van der Waals surface area contributed by atoms with Crippen molar-refractivity contribution in [3.63, 3.8) is 0 Å². The fraction of sp³-hybridized carbons (Fsp3) is 0.357. The van der Waals surface area contributed by atoms with Gasteiger partial charge in [-0.1, -0.05) is 37.5 Å². The molecule has 2 N–H and O–H groups in total. The second kappa shape index (κ2) is 12.6. The van der Waals surface area contributed by atoms with Gasteiger partial charge in [0.1, 0.15) is 6.07 Å². The first-order chi connectivity index (χ1) is 19.9. The third-order valence-corrected chi connectivity index (χ3v) is 8.03. The number of halogens is 6. The van der Waals surface area contributed by atoms with Crippen molar-refractivity contribution in [1.82, 2.24) is 5.32 Å². The maximum Gasteiger partial charge on any atom is 0.417 e. The number of benzene rings is 2. The summed E-state index contributed by atoms with van der Waals surface area (Å²) in [5.41, 5.74) is -5.16. The third kappa shape index (κ3) is 7.81. The molecule has 2 aromatic rings. The molecular formula is C28H27F6N5O3S. The highest BCUT2D eigenvalue weighted by atomic mass is 32.2. The summed E-state index contributed by atoms with van der Waals surface area (Å²) in [5.74, 6) is -0.232. The van der Waals surface area contributed by atoms with Gasteiger partial charge in [-0.2, -0.15) is 31.6 Å². The van der Waals surface area contributed by atoms with E-state index in [-0.39, 0.29) is 11.5 Å². The van der Waals surface area contributed by atoms with E-state index in [1.54, 1.807) is 19.1 Å². The van der Waals surface area contributed by atoms with Crippen molar-refractivity contribution in [2.45, 2.75) is 61.8 Å². The SMILES string of the molecule is C=N/C(C#N)=N\C(=C/C)C1(NC(=O)Nc2ccc(-c3ccc(S(C)(=O)=O)c(C(F)(F)F)c3)c(C(F)(F)F)c2)CCCCC1. The van der Waals surface area contributed by atoms with Crippen LogP contribution in [0.2, 0.25) is 0 Å². The zero-order valence-electron chi connectivity index (χ0n) is 23.0. The summed E-state index contributed by atoms with van der Waals surface area (Å²) in [4.78, 5) is 19.7. The van der Waals surface area contributed by atoms with Crippen LogP contribution in [0.15, 0.2) is 63.1 Å². The number of anilines is 1. The summed E-state index contributed by atoms with van der Waals surface area (Å²) >= 11 is 0. The van der Waals surface area contributed by atoms with Crippen LogP contribution in [0.25, 0.3) is 11.1 Å². The molecule has 0 unspecified atom stereocenters. The van der Waals surface area contributed by atoms with Crippen LogP contribution in [0.3, 0.4) is 0 Å². The fourth-order valence-electron chi connectivity index (χ4n) is 4.99. The minimum atomic E-state index is -5.16. The molecule has 0 radical (unpaired) electrons. The van der Waals surface area contributed by atoms with E-state index in [4.69, 9.17) is 0 Å². The fourth-order valence-corrected chi connectivity index (χ4v) is 5.88. The number of hydrogen-bond donors (Lipinski definition) is 2. The molecule has 0 spiro atoms. The van der Waals surface area contributed by atoms with E-state index in [0.29, 0.717) is 55.8 Å². The molecule has 2 aromatic carbocycles. The third-order valence-electron chi connectivity index (χ3n) is 6.88. The number of sulfone groups is 1. The largest absolute Gasteiger partial charge is 0.417 e. The topological polar surface area (TPSA) is 124 Å². The van der Waals surface area contributed by atoms with Gasteiger partial charge in [0.05, 0.1) is 27.3 Å². The van der Waals surface area contributed by atoms with Crippen LogP contribution in [-0.4, -0.2) is 38.8 Å². The van der Waals surface area contributed by atoms with Crippen molar-refractivity contribution in [3.8, 4) is 17.2 Å². The van der Waals surface area contributed by atoms with Crippen LogP contribution >= 0.6 is 0 Å². The minimum Gasteiger partial charge on any atom is -0.327 e. The molecule has 1 fully saturated rings. The average Bonchev–Trinajstić information content (AvgIpc) is 2.92. The molecule has 230 valence electrons. The van der Waals surface area contributed by atoms with Crippen LogP contribution in [-0.2, 0) is 22.2 Å². The Bertz CT molecular complexity index is 1620. The highest BCUT2D eigenvalue weighted by Crippen LogP contribution is 2.42. The molecule has 8 nitrogen and oxygen atoms in total. The number of rotatable bonds is 6. The molecular weight excluding hydrogens is 600 g/mol. The Morgan fingerprint density at radius 1 is 1.02 bits per heavy atom. The lowest BCUT2D eigenvalue weighted by atomic mass is 9.79. The maximum absolute atomic E-state index is 14.1. The Morgan fingerprint density at radius 3 is 2.16 bits per heavy atom. The quantitative estimate of drug-likeness (QED) is 0.201. The van der Waals surface area contributed by atoms with Gasteiger partial charge in [0.15, 0.2) is 9.84 Å². The maximum atomic E-state index is 14.1. The molecule has 0 heterocycles. The van der Waals surface area contributed by atoms with Gasteiger partial charge in [0.25, 0.3) is 0 Å². The highest BCUT2D eigenvalue weighted by Gasteiger charge is 2.40. The zero-order chi connectivity index (χ0) is 32.2. The number of urea groups is 1. The molecule has 0 bridgehead atoms. The number of carbonyl (C=O) groups is 1. The first-order valence-electron chi connectivity index (χ1n) is 12.8. The number of aliphatic imine (C=N–C) groups is 2. The molecule has 0 aliphatic heterocycles. The summed E-state index contributed by atoms with van der Waals surface area (Å²) in [7, 11) is -4.34. The van der Waals surface area contributed by atoms with E-state index in [2.05, 4.69) is 27.3 Å². The molecule has 0 saturated heterocycles. The van der Waals surface area contributed by atoms with Crippen LogP contribution < -0.4 is 10.6 Å². The van der Waals surface area contributed by atoms with Crippen LogP contribution in [0.1, 0.15) is 50.2 Å². The molecule has 1 aliphatic carbocycles. The van der Waals surface area contributed by atoms with E-state index >= 15 is 0 Å². The second-order valence-electron chi connectivity index (χ2n) is 9.84. The Balaban J connectivity index is 2.02. The summed E-state index contributed by atoms with van der Waals surface area (Å²) in [6, 6.07) is 5.26. The van der Waals surface area contributed by atoms with Gasteiger partial charge in [0.2, 0.25) is 5.84 Å². The molecule has 43 heavy (non-hydrogen) atoms. The predicted molar refractivity (Wildman–Crippen MR) is 149 cm³/mol. The normalized spacial score (nSPS) is 16.3. The van der Waals surface area contributed by atoms with Crippen molar-refractivity contribution >= 4 is 34.1 Å². The molecule has 15 heteroatoms. The second-order valence-corrected chi connectivity index (χ2v) is 11.8. The lowest BCUT2D eigenvalue weighted by Crippen LogP contribution is -2.52. The smallest absolute Gasteiger partial charge is 0.327 e. The Labute approximate surface area is 244 Å². The molecule has 1 aliphatic rings. The van der Waals surface area contributed by atoms with Gasteiger partial charge >= 0.3 is 18.4 Å². The van der Waals surface area contributed by atoms with Crippen molar-refractivity contribution in [2.75, 3.05) is 11.6 Å². The van der Waals surface area contributed by atoms with Gasteiger partial charge in [-0.3, -0.25) is 0 Å². The van der Waals surface area contributed by atoms with Crippen LogP contribution in [0.5, 0.6) is 0 Å². The first-order valence-corrected chi connectivity index (χ1v) is 14.7. The van der Waals surface area contributed by atoms with Crippen molar-refractivity contribution < 1.29 is 39.6 Å². The number of nitriles is 1. The molecule has 3 rings (SSSR count). The van der Waals surface area contributed by atoms with E-state index in [0.717, 1.165) is 24.6 Å². The monoisotopic (exact) mass is 627 g/mol. The van der Waals surface area contributed by atoms with Crippen LogP contribution in [0.4, 0.5) is 36.8 Å². The number of hydrogen-bond acceptors (Lipinski definition) is 5. The van der Waals surface area contributed by atoms with Gasteiger partial charge in [0, 0.05) is 11.9 Å². The van der Waals surface area contributed by atoms with Gasteiger partial charge < -0.3 is 10.6 Å². The molecule has 0 atom stereocenters. The first kappa shape index (κ1) is 33.3. The van der Waals surface area contributed by atoms with Crippen molar-refractivity contribution in [2.24, 2.45) is 9.98 Å². The summed E-state index contributed by atoms with van der Waals surface area (Å²) in [6.45, 7) is 4.93. The Kier molecular flexibility index (Phi) is 9.75. The number of allylic oxidation sites excluding steroid dienone is 1. The summed E-state index contributed by atoms with van der Waals surface area (Å²) < 4.78 is 107. The minimum absolute atomic E-state index is 0.232. The van der Waals surface area contributed by atoms with Gasteiger partial charge in [-0.05, 0) is 61.9 Å². The number of amidine groups is 1. The number of amides is 2. The summed E-state index contributed by atoms with van der Waals surface area (Å²) in [6.07, 6.45) is -4.94. The Morgan fingerprint density at radius 2 is 1.65 bits per heavy atom. The molecule has 1 saturated carbocycles. The van der Waals surface area contributed by atoms with E-state index in [1.807, 2.05) is 0 Å². The van der Waals surface area contributed by atoms with Crippen molar-refractivity contribution in [3.05, 3.63) is 59.3 Å². The standard InChI is InChI=1S/C28H27F6N5O3S/c1-4-23(38-24(16-35)36-2)26(12-6-5-7-13-26)39-25(40)37-18-9-10-19(20(15-18)27(29,30)31)17-8-11-22(43(3,41)42)21(14-17)28(32,33)34/h4,8-11,14-15H,2,5-7,12-13H2,1,3H3,(H2,37,39,40)/b23-4-,38-24-. The van der Waals surface area contributed by atoms with E-state index < -0.39 is 60.9 Å². The number of nitrogens with one attached hydrogen (secondary N) is 2. The Hall–Kier alpha value is -4.19. The van der Waals surface area contributed by atoms with Gasteiger partial charge in [-0.15, -0.1) is 0 Å². The van der Waals surface area contributed by atoms with Gasteiger partial charge in [-0.25, -0.2) is 23.2 Å². The summed E-state index contributed by atoms with van der Waals surface area (Å²) in [5, 5.41) is 14.3. The van der Waals surface area contributed by atoms with E-state index in [1.165, 1.54) is 0 Å². The number of carbonyl (C=O) groups excluding carboxylic acids is 1. The van der Waals surface area contributed by atoms with E-state index in [9.17, 15) is 44.8 Å².